The lowest BCUT2D eigenvalue weighted by Crippen LogP contribution is -2.28. The van der Waals surface area contributed by atoms with Crippen molar-refractivity contribution < 1.29 is 19.4 Å². The molecule has 1 aliphatic heterocycles. The Bertz CT molecular complexity index is 1390. The molecule has 0 aliphatic carbocycles. The number of nitrogens with zero attached hydrogens (tertiary/aromatic N) is 3. The molecule has 0 bridgehead atoms. The van der Waals surface area contributed by atoms with Gasteiger partial charge in [-0.05, 0) is 54.8 Å². The number of pyridine rings is 2. The third-order valence-corrected chi connectivity index (χ3v) is 6.86. The van der Waals surface area contributed by atoms with Gasteiger partial charge in [0.05, 0.1) is 27.6 Å². The van der Waals surface area contributed by atoms with Crippen LogP contribution in [0, 0.1) is 6.92 Å². The Labute approximate surface area is 206 Å². The number of aliphatic hydroxyl groups excluding tert-OH is 1. The molecule has 5 rings (SSSR count). The van der Waals surface area contributed by atoms with E-state index in [1.807, 2.05) is 43.3 Å². The van der Waals surface area contributed by atoms with Gasteiger partial charge in [0.1, 0.15) is 17.3 Å². The van der Waals surface area contributed by atoms with Crippen molar-refractivity contribution in [2.45, 2.75) is 25.9 Å². The highest BCUT2D eigenvalue weighted by Crippen LogP contribution is 2.35. The molecule has 178 valence electrons. The number of anilines is 1. The van der Waals surface area contributed by atoms with E-state index in [4.69, 9.17) is 4.74 Å². The molecule has 1 atom stereocenters. The number of carbonyl (C=O) groups is 2. The quantitative estimate of drug-likeness (QED) is 0.422. The number of benzene rings is 1. The van der Waals surface area contributed by atoms with Crippen molar-refractivity contribution in [3.05, 3.63) is 76.9 Å². The van der Waals surface area contributed by atoms with Gasteiger partial charge in [-0.25, -0.2) is 4.98 Å². The molecule has 1 unspecified atom stereocenters. The normalized spacial score (nSPS) is 15.4. The molecular formula is C26H24N4O4S. The van der Waals surface area contributed by atoms with Crippen LogP contribution in [0.2, 0.25) is 0 Å². The number of likely N-dealkylation sites (tertiary alicyclic amines) is 1. The lowest BCUT2D eigenvalue weighted by Gasteiger charge is -2.13. The highest BCUT2D eigenvalue weighted by molar-refractivity contribution is 7.21. The maximum Gasteiger partial charge on any atom is 0.264 e. The van der Waals surface area contributed by atoms with Crippen molar-refractivity contribution in [2.24, 2.45) is 0 Å². The van der Waals surface area contributed by atoms with E-state index in [9.17, 15) is 14.7 Å². The van der Waals surface area contributed by atoms with Gasteiger partial charge in [-0.3, -0.25) is 14.6 Å². The van der Waals surface area contributed by atoms with E-state index in [0.717, 1.165) is 15.8 Å². The van der Waals surface area contributed by atoms with E-state index in [1.165, 1.54) is 11.3 Å². The third kappa shape index (κ3) is 5.31. The summed E-state index contributed by atoms with van der Waals surface area (Å²) < 4.78 is 6.87. The summed E-state index contributed by atoms with van der Waals surface area (Å²) in [6.07, 6.45) is 3.67. The number of rotatable bonds is 6. The first-order valence-electron chi connectivity index (χ1n) is 11.3. The highest BCUT2D eigenvalue weighted by atomic mass is 32.1. The Morgan fingerprint density at radius 3 is 2.69 bits per heavy atom. The second-order valence-electron chi connectivity index (χ2n) is 8.52. The van der Waals surface area contributed by atoms with E-state index >= 15 is 0 Å². The second kappa shape index (κ2) is 9.81. The average Bonchev–Trinajstić information content (AvgIpc) is 3.47. The molecule has 2 N–H and O–H groups in total. The van der Waals surface area contributed by atoms with Crippen LogP contribution in [-0.2, 0) is 11.2 Å². The smallest absolute Gasteiger partial charge is 0.264 e. The first-order chi connectivity index (χ1) is 16.9. The number of hydrogen-bond donors (Lipinski definition) is 2. The zero-order valence-corrected chi connectivity index (χ0v) is 19.9. The SMILES string of the molecule is Cc1ccnc(NC(=O)Cc2ccc(Oc3ccnc4cc(C(=O)N5CCC(O)C5)sc34)cc2)c1. The number of fused-ring (bicyclic) bond motifs is 1. The van der Waals surface area contributed by atoms with Gasteiger partial charge in [-0.15, -0.1) is 11.3 Å². The summed E-state index contributed by atoms with van der Waals surface area (Å²) >= 11 is 1.33. The molecule has 4 aromatic rings. The lowest BCUT2D eigenvalue weighted by atomic mass is 10.1. The fourth-order valence-electron chi connectivity index (χ4n) is 3.96. The van der Waals surface area contributed by atoms with Gasteiger partial charge in [-0.1, -0.05) is 12.1 Å². The van der Waals surface area contributed by atoms with Gasteiger partial charge in [0.2, 0.25) is 5.91 Å². The van der Waals surface area contributed by atoms with Gasteiger partial charge < -0.3 is 20.1 Å². The minimum absolute atomic E-state index is 0.0982. The summed E-state index contributed by atoms with van der Waals surface area (Å²) in [6, 6.07) is 14.5. The van der Waals surface area contributed by atoms with E-state index in [2.05, 4.69) is 15.3 Å². The summed E-state index contributed by atoms with van der Waals surface area (Å²) in [6.45, 7) is 2.85. The lowest BCUT2D eigenvalue weighted by molar-refractivity contribution is -0.115. The molecule has 4 heterocycles. The van der Waals surface area contributed by atoms with Crippen LogP contribution < -0.4 is 10.1 Å². The van der Waals surface area contributed by atoms with Gasteiger partial charge in [0.25, 0.3) is 5.91 Å². The maximum absolute atomic E-state index is 12.8. The number of aliphatic hydroxyl groups is 1. The molecule has 1 aliphatic rings. The largest absolute Gasteiger partial charge is 0.456 e. The summed E-state index contributed by atoms with van der Waals surface area (Å²) in [4.78, 5) is 35.9. The van der Waals surface area contributed by atoms with E-state index in [0.29, 0.717) is 47.2 Å². The van der Waals surface area contributed by atoms with Crippen LogP contribution in [-0.4, -0.2) is 51.0 Å². The number of hydrogen-bond acceptors (Lipinski definition) is 7. The van der Waals surface area contributed by atoms with Gasteiger partial charge in [-0.2, -0.15) is 0 Å². The maximum atomic E-state index is 12.8. The molecule has 1 fully saturated rings. The van der Waals surface area contributed by atoms with Crippen LogP contribution >= 0.6 is 11.3 Å². The number of aromatic nitrogens is 2. The molecule has 8 nitrogen and oxygen atoms in total. The summed E-state index contributed by atoms with van der Waals surface area (Å²) in [5, 5.41) is 12.5. The molecular weight excluding hydrogens is 464 g/mol. The van der Waals surface area contributed by atoms with Crippen molar-refractivity contribution in [2.75, 3.05) is 18.4 Å². The Balaban J connectivity index is 1.26. The van der Waals surface area contributed by atoms with Gasteiger partial charge >= 0.3 is 0 Å². The van der Waals surface area contributed by atoms with Gasteiger partial charge in [0.15, 0.2) is 0 Å². The Hall–Kier alpha value is -3.82. The number of thiophene rings is 1. The van der Waals surface area contributed by atoms with Crippen LogP contribution in [0.3, 0.4) is 0 Å². The summed E-state index contributed by atoms with van der Waals surface area (Å²) in [5.41, 5.74) is 2.56. The van der Waals surface area contributed by atoms with Crippen molar-refractivity contribution in [1.82, 2.24) is 14.9 Å². The average molecular weight is 489 g/mol. The highest BCUT2D eigenvalue weighted by Gasteiger charge is 2.27. The number of nitrogens with one attached hydrogen (secondary N) is 1. The number of aryl methyl sites for hydroxylation is 1. The molecule has 0 spiro atoms. The van der Waals surface area contributed by atoms with Crippen LogP contribution in [0.15, 0.2) is 60.9 Å². The zero-order chi connectivity index (χ0) is 24.4. The fourth-order valence-corrected chi connectivity index (χ4v) is 5.00. The van der Waals surface area contributed by atoms with Crippen LogP contribution in [0.1, 0.15) is 27.2 Å². The van der Waals surface area contributed by atoms with Crippen LogP contribution in [0.25, 0.3) is 10.2 Å². The molecule has 35 heavy (non-hydrogen) atoms. The Morgan fingerprint density at radius 1 is 1.14 bits per heavy atom. The number of amides is 2. The predicted octanol–water partition coefficient (Wildman–Crippen LogP) is 4.18. The van der Waals surface area contributed by atoms with Crippen molar-refractivity contribution >= 4 is 39.2 Å². The monoisotopic (exact) mass is 488 g/mol. The third-order valence-electron chi connectivity index (χ3n) is 5.74. The second-order valence-corrected chi connectivity index (χ2v) is 9.57. The Morgan fingerprint density at radius 2 is 1.94 bits per heavy atom. The topological polar surface area (TPSA) is 105 Å². The first-order valence-corrected chi connectivity index (χ1v) is 12.1. The van der Waals surface area contributed by atoms with E-state index < -0.39 is 6.10 Å². The molecule has 1 aromatic carbocycles. The number of carbonyl (C=O) groups excluding carboxylic acids is 2. The molecule has 1 saturated heterocycles. The fraction of sp³-hybridized carbons (Fsp3) is 0.231. The number of β-amino-alcohol motifs (C(OH)–C–C–N with tert-alkyl or cyclic N) is 1. The van der Waals surface area contributed by atoms with Gasteiger partial charge in [0, 0.05) is 31.5 Å². The van der Waals surface area contributed by atoms with E-state index in [1.54, 1.807) is 29.4 Å². The molecule has 3 aromatic heterocycles. The standard InChI is InChI=1S/C26H24N4O4S/c1-16-6-9-28-23(12-16)29-24(32)13-17-2-4-19(5-3-17)34-21-7-10-27-20-14-22(35-25(20)21)26(33)30-11-8-18(31)15-30/h2-7,9-10,12,14,18,31H,8,11,13,15H2,1H3,(H,28,29,32). The summed E-state index contributed by atoms with van der Waals surface area (Å²) in [7, 11) is 0. The molecule has 0 saturated carbocycles. The van der Waals surface area contributed by atoms with Crippen LogP contribution in [0.5, 0.6) is 11.5 Å². The minimum Gasteiger partial charge on any atom is -0.456 e. The predicted molar refractivity (Wildman–Crippen MR) is 134 cm³/mol. The number of ether oxygens (including phenoxy) is 1. The molecule has 2 amide bonds. The molecule has 0 radical (unpaired) electrons. The van der Waals surface area contributed by atoms with Crippen molar-refractivity contribution in [3.63, 3.8) is 0 Å². The first kappa shape index (κ1) is 22.9. The van der Waals surface area contributed by atoms with E-state index in [-0.39, 0.29) is 18.2 Å². The minimum atomic E-state index is -0.460. The van der Waals surface area contributed by atoms with Crippen molar-refractivity contribution in [1.29, 1.82) is 0 Å². The summed E-state index contributed by atoms with van der Waals surface area (Å²) in [5.74, 6) is 1.52. The molecule has 9 heteroatoms. The van der Waals surface area contributed by atoms with Crippen molar-refractivity contribution in [3.8, 4) is 11.5 Å². The Kier molecular flexibility index (Phi) is 6.43. The van der Waals surface area contributed by atoms with Crippen LogP contribution in [0.4, 0.5) is 5.82 Å². The zero-order valence-electron chi connectivity index (χ0n) is 19.1.